The van der Waals surface area contributed by atoms with Gasteiger partial charge in [-0.15, -0.1) is 0 Å². The molecule has 1 N–H and O–H groups in total. The van der Waals surface area contributed by atoms with E-state index >= 15 is 0 Å². The van der Waals surface area contributed by atoms with E-state index in [1.807, 2.05) is 24.5 Å². The van der Waals surface area contributed by atoms with Gasteiger partial charge in [-0.3, -0.25) is 0 Å². The van der Waals surface area contributed by atoms with Crippen molar-refractivity contribution in [1.82, 2.24) is 0 Å². The summed E-state index contributed by atoms with van der Waals surface area (Å²) in [6.07, 6.45) is 1.83. The van der Waals surface area contributed by atoms with Crippen LogP contribution < -0.4 is 5.32 Å². The van der Waals surface area contributed by atoms with Crippen molar-refractivity contribution in [2.45, 2.75) is 26.3 Å². The van der Waals surface area contributed by atoms with Gasteiger partial charge in [-0.1, -0.05) is 44.2 Å². The Morgan fingerprint density at radius 2 is 1.75 bits per heavy atom. The SMILES string of the molecule is CC(C)c1ccc(NCc2coc3ccccc23)cc1. The summed E-state index contributed by atoms with van der Waals surface area (Å²) in [4.78, 5) is 0. The Morgan fingerprint density at radius 1 is 1.00 bits per heavy atom. The molecule has 2 nitrogen and oxygen atoms in total. The van der Waals surface area contributed by atoms with Crippen molar-refractivity contribution in [1.29, 1.82) is 0 Å². The van der Waals surface area contributed by atoms with Crippen molar-refractivity contribution in [2.75, 3.05) is 5.32 Å². The van der Waals surface area contributed by atoms with Crippen molar-refractivity contribution in [3.8, 4) is 0 Å². The van der Waals surface area contributed by atoms with Crippen LogP contribution in [-0.2, 0) is 6.54 Å². The fourth-order valence-corrected chi connectivity index (χ4v) is 2.35. The zero-order valence-electron chi connectivity index (χ0n) is 11.9. The van der Waals surface area contributed by atoms with Crippen LogP contribution in [0.15, 0.2) is 59.2 Å². The van der Waals surface area contributed by atoms with Crippen LogP contribution in [0.2, 0.25) is 0 Å². The van der Waals surface area contributed by atoms with Gasteiger partial charge in [0.15, 0.2) is 0 Å². The molecule has 0 bridgehead atoms. The first kappa shape index (κ1) is 12.8. The fourth-order valence-electron chi connectivity index (χ4n) is 2.35. The predicted octanol–water partition coefficient (Wildman–Crippen LogP) is 5.17. The van der Waals surface area contributed by atoms with Crippen molar-refractivity contribution in [3.05, 3.63) is 65.9 Å². The third-order valence-electron chi connectivity index (χ3n) is 3.62. The van der Waals surface area contributed by atoms with Crippen LogP contribution in [0.5, 0.6) is 0 Å². The molecule has 0 saturated carbocycles. The second kappa shape index (κ2) is 5.41. The third kappa shape index (κ3) is 2.55. The lowest BCUT2D eigenvalue weighted by atomic mass is 10.0. The van der Waals surface area contributed by atoms with Crippen LogP contribution in [0.25, 0.3) is 11.0 Å². The van der Waals surface area contributed by atoms with E-state index < -0.39 is 0 Å². The summed E-state index contributed by atoms with van der Waals surface area (Å²) in [6.45, 7) is 5.19. The number of hydrogen-bond donors (Lipinski definition) is 1. The molecule has 0 aliphatic carbocycles. The number of para-hydroxylation sites is 1. The monoisotopic (exact) mass is 265 g/mol. The quantitative estimate of drug-likeness (QED) is 0.704. The molecule has 0 aliphatic heterocycles. The molecule has 3 aromatic rings. The van der Waals surface area contributed by atoms with Crippen LogP contribution in [0.3, 0.4) is 0 Å². The zero-order valence-corrected chi connectivity index (χ0v) is 11.9. The lowest BCUT2D eigenvalue weighted by Crippen LogP contribution is -1.98. The molecular formula is C18H19NO. The Kier molecular flexibility index (Phi) is 3.46. The molecule has 1 aromatic heterocycles. The van der Waals surface area contributed by atoms with E-state index in [0.717, 1.165) is 17.8 Å². The summed E-state index contributed by atoms with van der Waals surface area (Å²) >= 11 is 0. The van der Waals surface area contributed by atoms with E-state index in [9.17, 15) is 0 Å². The normalized spacial score (nSPS) is 11.2. The van der Waals surface area contributed by atoms with E-state index in [2.05, 4.69) is 49.5 Å². The minimum atomic E-state index is 0.571. The highest BCUT2D eigenvalue weighted by molar-refractivity contribution is 5.81. The highest BCUT2D eigenvalue weighted by atomic mass is 16.3. The van der Waals surface area contributed by atoms with E-state index in [-0.39, 0.29) is 0 Å². The molecule has 20 heavy (non-hydrogen) atoms. The van der Waals surface area contributed by atoms with Crippen molar-refractivity contribution < 1.29 is 4.42 Å². The molecular weight excluding hydrogens is 246 g/mol. The summed E-state index contributed by atoms with van der Waals surface area (Å²) in [5.41, 5.74) is 4.64. The van der Waals surface area contributed by atoms with Gasteiger partial charge >= 0.3 is 0 Å². The summed E-state index contributed by atoms with van der Waals surface area (Å²) < 4.78 is 5.55. The molecule has 102 valence electrons. The fraction of sp³-hybridized carbons (Fsp3) is 0.222. The second-order valence-electron chi connectivity index (χ2n) is 5.39. The largest absolute Gasteiger partial charge is 0.464 e. The van der Waals surface area contributed by atoms with Gasteiger partial charge in [0.2, 0.25) is 0 Å². The van der Waals surface area contributed by atoms with Crippen LogP contribution in [0.4, 0.5) is 5.69 Å². The number of fused-ring (bicyclic) bond motifs is 1. The smallest absolute Gasteiger partial charge is 0.134 e. The Balaban J connectivity index is 1.73. The molecule has 3 rings (SSSR count). The van der Waals surface area contributed by atoms with E-state index in [4.69, 9.17) is 4.42 Å². The van der Waals surface area contributed by atoms with Gasteiger partial charge in [0, 0.05) is 23.2 Å². The van der Waals surface area contributed by atoms with Crippen LogP contribution in [0.1, 0.15) is 30.9 Å². The van der Waals surface area contributed by atoms with Gasteiger partial charge in [-0.2, -0.15) is 0 Å². The average molecular weight is 265 g/mol. The number of benzene rings is 2. The van der Waals surface area contributed by atoms with E-state index in [1.54, 1.807) is 0 Å². The molecule has 0 radical (unpaired) electrons. The van der Waals surface area contributed by atoms with Crippen LogP contribution >= 0.6 is 0 Å². The third-order valence-corrected chi connectivity index (χ3v) is 3.62. The molecule has 0 saturated heterocycles. The molecule has 0 aliphatic rings. The van der Waals surface area contributed by atoms with Crippen molar-refractivity contribution >= 4 is 16.7 Å². The predicted molar refractivity (Wildman–Crippen MR) is 84.1 cm³/mol. The summed E-state index contributed by atoms with van der Waals surface area (Å²) in [6, 6.07) is 16.8. The first-order chi connectivity index (χ1) is 9.74. The number of rotatable bonds is 4. The first-order valence-corrected chi connectivity index (χ1v) is 7.03. The highest BCUT2D eigenvalue weighted by Gasteiger charge is 2.04. The standard InChI is InChI=1S/C18H19NO/c1-13(2)14-7-9-16(10-8-14)19-11-15-12-20-18-6-4-3-5-17(15)18/h3-10,12-13,19H,11H2,1-2H3. The molecule has 0 amide bonds. The summed E-state index contributed by atoms with van der Waals surface area (Å²) in [7, 11) is 0. The molecule has 0 fully saturated rings. The van der Waals surface area contributed by atoms with Gasteiger partial charge in [0.25, 0.3) is 0 Å². The molecule has 1 heterocycles. The minimum Gasteiger partial charge on any atom is -0.464 e. The maximum atomic E-state index is 5.55. The number of furan rings is 1. The van der Waals surface area contributed by atoms with Crippen LogP contribution in [-0.4, -0.2) is 0 Å². The Labute approximate surface area is 119 Å². The first-order valence-electron chi connectivity index (χ1n) is 7.03. The summed E-state index contributed by atoms with van der Waals surface area (Å²) in [5.74, 6) is 0.571. The molecule has 0 unspecified atom stereocenters. The molecule has 2 heteroatoms. The Hall–Kier alpha value is -2.22. The van der Waals surface area contributed by atoms with Crippen LogP contribution in [0, 0.1) is 0 Å². The maximum Gasteiger partial charge on any atom is 0.134 e. The second-order valence-corrected chi connectivity index (χ2v) is 5.39. The van der Waals surface area contributed by atoms with E-state index in [1.165, 1.54) is 16.5 Å². The van der Waals surface area contributed by atoms with Crippen molar-refractivity contribution in [3.63, 3.8) is 0 Å². The molecule has 0 spiro atoms. The number of hydrogen-bond acceptors (Lipinski definition) is 2. The van der Waals surface area contributed by atoms with Gasteiger partial charge in [-0.05, 0) is 29.7 Å². The van der Waals surface area contributed by atoms with Crippen molar-refractivity contribution in [2.24, 2.45) is 0 Å². The number of anilines is 1. The highest BCUT2D eigenvalue weighted by Crippen LogP contribution is 2.22. The lowest BCUT2D eigenvalue weighted by molar-refractivity contribution is 0.611. The van der Waals surface area contributed by atoms with Gasteiger partial charge < -0.3 is 9.73 Å². The lowest BCUT2D eigenvalue weighted by Gasteiger charge is -2.08. The zero-order chi connectivity index (χ0) is 13.9. The van der Waals surface area contributed by atoms with Gasteiger partial charge in [-0.25, -0.2) is 0 Å². The average Bonchev–Trinajstić information content (AvgIpc) is 2.89. The van der Waals surface area contributed by atoms with Gasteiger partial charge in [0.05, 0.1) is 6.26 Å². The minimum absolute atomic E-state index is 0.571. The Bertz CT molecular complexity index is 695. The topological polar surface area (TPSA) is 25.2 Å². The molecule has 0 atom stereocenters. The van der Waals surface area contributed by atoms with Gasteiger partial charge in [0.1, 0.15) is 5.58 Å². The number of nitrogens with one attached hydrogen (secondary N) is 1. The Morgan fingerprint density at radius 3 is 2.50 bits per heavy atom. The van der Waals surface area contributed by atoms with E-state index in [0.29, 0.717) is 5.92 Å². The molecule has 2 aromatic carbocycles. The summed E-state index contributed by atoms with van der Waals surface area (Å²) in [5, 5.41) is 4.62. The maximum absolute atomic E-state index is 5.55.